The molecule has 1 aliphatic rings. The van der Waals surface area contributed by atoms with Crippen molar-refractivity contribution in [2.24, 2.45) is 5.92 Å². The molecule has 1 aliphatic heterocycles. The first-order valence-corrected chi connectivity index (χ1v) is 6.61. The number of carbonyl (C=O) groups excluding carboxylic acids is 1. The number of hydrogen-bond donors (Lipinski definition) is 0. The number of ketones is 1. The van der Waals surface area contributed by atoms with Gasteiger partial charge < -0.3 is 9.47 Å². The van der Waals surface area contributed by atoms with Gasteiger partial charge in [-0.05, 0) is 31.0 Å². The Labute approximate surface area is 121 Å². The highest BCUT2D eigenvalue weighted by Gasteiger charge is 2.33. The molecule has 21 heavy (non-hydrogen) atoms. The summed E-state index contributed by atoms with van der Waals surface area (Å²) < 4.78 is 33.7. The number of nitrogens with zero attached hydrogens (tertiary/aromatic N) is 1. The summed E-state index contributed by atoms with van der Waals surface area (Å²) in [5.74, 6) is -1.40. The lowest BCUT2D eigenvalue weighted by molar-refractivity contribution is -0.123. The Kier molecular flexibility index (Phi) is 4.86. The molecule has 2 rings (SSSR count). The van der Waals surface area contributed by atoms with Gasteiger partial charge in [-0.1, -0.05) is 12.1 Å². The second-order valence-electron chi connectivity index (χ2n) is 4.99. The van der Waals surface area contributed by atoms with Crippen LogP contribution < -0.4 is 4.74 Å². The van der Waals surface area contributed by atoms with Crippen molar-refractivity contribution in [1.82, 2.24) is 0 Å². The standard InChI is InChI=1S/C15H15F2NO3/c1-9-6-11(8-20-9)14(19)13(7-18)10-2-4-12(5-3-10)21-15(16)17/h2-5,9,11,13,15H,6,8H2,1H3. The fraction of sp³-hybridized carbons (Fsp3) is 0.467. The van der Waals surface area contributed by atoms with Crippen molar-refractivity contribution in [2.45, 2.75) is 32.0 Å². The van der Waals surface area contributed by atoms with Gasteiger partial charge in [-0.15, -0.1) is 0 Å². The van der Waals surface area contributed by atoms with E-state index in [0.29, 0.717) is 18.6 Å². The van der Waals surface area contributed by atoms with Crippen molar-refractivity contribution in [1.29, 1.82) is 5.26 Å². The molecule has 1 heterocycles. The Balaban J connectivity index is 2.10. The molecule has 0 amide bonds. The normalized spacial score (nSPS) is 22.8. The number of rotatable bonds is 5. The number of alkyl halides is 2. The van der Waals surface area contributed by atoms with E-state index >= 15 is 0 Å². The second-order valence-corrected chi connectivity index (χ2v) is 4.99. The van der Waals surface area contributed by atoms with Crippen LogP contribution in [0.3, 0.4) is 0 Å². The van der Waals surface area contributed by atoms with Crippen LogP contribution in [0.4, 0.5) is 8.78 Å². The number of Topliss-reactive ketones (excluding diaryl/α,β-unsaturated/α-hetero) is 1. The number of nitriles is 1. The summed E-state index contributed by atoms with van der Waals surface area (Å²) in [6.07, 6.45) is 0.615. The highest BCUT2D eigenvalue weighted by Crippen LogP contribution is 2.28. The summed E-state index contributed by atoms with van der Waals surface area (Å²) >= 11 is 0. The van der Waals surface area contributed by atoms with Crippen LogP contribution in [0, 0.1) is 17.2 Å². The second kappa shape index (κ2) is 6.64. The lowest BCUT2D eigenvalue weighted by atomic mass is 9.87. The Bertz CT molecular complexity index is 539. The van der Waals surface area contributed by atoms with E-state index in [2.05, 4.69) is 4.74 Å². The topological polar surface area (TPSA) is 59.3 Å². The quantitative estimate of drug-likeness (QED) is 0.838. The molecule has 0 radical (unpaired) electrons. The third-order valence-corrected chi connectivity index (χ3v) is 3.45. The van der Waals surface area contributed by atoms with Gasteiger partial charge in [0.1, 0.15) is 11.7 Å². The van der Waals surface area contributed by atoms with Crippen LogP contribution in [0.5, 0.6) is 5.75 Å². The monoisotopic (exact) mass is 295 g/mol. The molecular weight excluding hydrogens is 280 g/mol. The van der Waals surface area contributed by atoms with Gasteiger partial charge in [-0.2, -0.15) is 14.0 Å². The maximum Gasteiger partial charge on any atom is 0.387 e. The van der Waals surface area contributed by atoms with Crippen molar-refractivity contribution < 1.29 is 23.0 Å². The summed E-state index contributed by atoms with van der Waals surface area (Å²) in [6, 6.07) is 7.55. The molecule has 1 fully saturated rings. The SMILES string of the molecule is CC1CC(C(=O)C(C#N)c2ccc(OC(F)F)cc2)CO1. The number of ether oxygens (including phenoxy) is 2. The van der Waals surface area contributed by atoms with Crippen LogP contribution in [-0.2, 0) is 9.53 Å². The number of carbonyl (C=O) groups is 1. The van der Waals surface area contributed by atoms with E-state index < -0.39 is 12.5 Å². The van der Waals surface area contributed by atoms with Gasteiger partial charge in [0, 0.05) is 5.92 Å². The fourth-order valence-corrected chi connectivity index (χ4v) is 2.40. The highest BCUT2D eigenvalue weighted by atomic mass is 19.3. The minimum Gasteiger partial charge on any atom is -0.435 e. The van der Waals surface area contributed by atoms with E-state index in [0.717, 1.165) is 0 Å². The molecule has 4 nitrogen and oxygen atoms in total. The number of halogens is 2. The molecule has 3 atom stereocenters. The zero-order chi connectivity index (χ0) is 15.4. The predicted octanol–water partition coefficient (Wildman–Crippen LogP) is 2.89. The predicted molar refractivity (Wildman–Crippen MR) is 70.0 cm³/mol. The molecule has 1 aromatic rings. The summed E-state index contributed by atoms with van der Waals surface area (Å²) in [7, 11) is 0. The van der Waals surface area contributed by atoms with Crippen LogP contribution in [0.25, 0.3) is 0 Å². The molecule has 0 aromatic heterocycles. The molecule has 0 bridgehead atoms. The van der Waals surface area contributed by atoms with Crippen LogP contribution in [0.1, 0.15) is 24.8 Å². The Morgan fingerprint density at radius 1 is 1.43 bits per heavy atom. The molecule has 1 aromatic carbocycles. The molecule has 0 N–H and O–H groups in total. The van der Waals surface area contributed by atoms with Crippen molar-refractivity contribution in [3.05, 3.63) is 29.8 Å². The van der Waals surface area contributed by atoms with E-state index in [1.54, 1.807) is 0 Å². The first-order chi connectivity index (χ1) is 10.0. The minimum atomic E-state index is -2.90. The summed E-state index contributed by atoms with van der Waals surface area (Å²) in [5.41, 5.74) is 0.476. The van der Waals surface area contributed by atoms with E-state index in [4.69, 9.17) is 4.74 Å². The first kappa shape index (κ1) is 15.4. The van der Waals surface area contributed by atoms with Gasteiger partial charge in [0.2, 0.25) is 0 Å². The van der Waals surface area contributed by atoms with Crippen LogP contribution in [-0.4, -0.2) is 25.1 Å². The summed E-state index contributed by atoms with van der Waals surface area (Å²) in [5, 5.41) is 9.23. The third-order valence-electron chi connectivity index (χ3n) is 3.45. The third kappa shape index (κ3) is 3.76. The zero-order valence-electron chi connectivity index (χ0n) is 11.5. The van der Waals surface area contributed by atoms with E-state index in [1.165, 1.54) is 24.3 Å². The van der Waals surface area contributed by atoms with Gasteiger partial charge in [-0.3, -0.25) is 4.79 Å². The first-order valence-electron chi connectivity index (χ1n) is 6.61. The summed E-state index contributed by atoms with van der Waals surface area (Å²) in [6.45, 7) is -0.697. The Hall–Kier alpha value is -2.00. The van der Waals surface area contributed by atoms with Crippen molar-refractivity contribution >= 4 is 5.78 Å². The number of benzene rings is 1. The average molecular weight is 295 g/mol. The van der Waals surface area contributed by atoms with Gasteiger partial charge in [-0.25, -0.2) is 0 Å². The van der Waals surface area contributed by atoms with Crippen LogP contribution in [0.15, 0.2) is 24.3 Å². The maximum absolute atomic E-state index is 12.3. The molecule has 0 aliphatic carbocycles. The van der Waals surface area contributed by atoms with Crippen molar-refractivity contribution in [2.75, 3.05) is 6.61 Å². The Morgan fingerprint density at radius 2 is 2.10 bits per heavy atom. The van der Waals surface area contributed by atoms with Crippen LogP contribution in [0.2, 0.25) is 0 Å². The molecular formula is C15H15F2NO3. The molecule has 0 saturated carbocycles. The van der Waals surface area contributed by atoms with E-state index in [9.17, 15) is 18.8 Å². The van der Waals surface area contributed by atoms with Gasteiger partial charge in [0.15, 0.2) is 5.78 Å². The van der Waals surface area contributed by atoms with Crippen molar-refractivity contribution in [3.63, 3.8) is 0 Å². The van der Waals surface area contributed by atoms with Gasteiger partial charge in [0.05, 0.1) is 18.8 Å². The molecule has 0 spiro atoms. The molecule has 6 heteroatoms. The smallest absolute Gasteiger partial charge is 0.387 e. The molecule has 3 unspecified atom stereocenters. The zero-order valence-corrected chi connectivity index (χ0v) is 11.5. The van der Waals surface area contributed by atoms with Gasteiger partial charge >= 0.3 is 6.61 Å². The average Bonchev–Trinajstić information content (AvgIpc) is 2.87. The summed E-state index contributed by atoms with van der Waals surface area (Å²) in [4.78, 5) is 12.3. The lowest BCUT2D eigenvalue weighted by Crippen LogP contribution is -2.21. The lowest BCUT2D eigenvalue weighted by Gasteiger charge is -2.13. The van der Waals surface area contributed by atoms with Crippen molar-refractivity contribution in [3.8, 4) is 11.8 Å². The molecule has 112 valence electrons. The minimum absolute atomic E-state index is 0.00397. The number of hydrogen-bond acceptors (Lipinski definition) is 4. The van der Waals surface area contributed by atoms with Gasteiger partial charge in [0.25, 0.3) is 0 Å². The highest BCUT2D eigenvalue weighted by molar-refractivity contribution is 5.90. The van der Waals surface area contributed by atoms with E-state index in [-0.39, 0.29) is 23.6 Å². The fourth-order valence-electron chi connectivity index (χ4n) is 2.40. The molecule has 1 saturated heterocycles. The van der Waals surface area contributed by atoms with Crippen LogP contribution >= 0.6 is 0 Å². The largest absolute Gasteiger partial charge is 0.435 e. The Morgan fingerprint density at radius 3 is 2.57 bits per heavy atom. The maximum atomic E-state index is 12.3. The van der Waals surface area contributed by atoms with E-state index in [1.807, 2.05) is 13.0 Å².